The van der Waals surface area contributed by atoms with Crippen molar-refractivity contribution in [3.05, 3.63) is 23.2 Å². The number of anilines is 1. The number of aromatic hydroxyl groups is 1. The average Bonchev–Trinajstić information content (AvgIpc) is 2.70. The van der Waals surface area contributed by atoms with Crippen molar-refractivity contribution in [3.63, 3.8) is 0 Å². The summed E-state index contributed by atoms with van der Waals surface area (Å²) < 4.78 is 0. The zero-order chi connectivity index (χ0) is 11.7. The zero-order valence-corrected chi connectivity index (χ0v) is 9.31. The van der Waals surface area contributed by atoms with Crippen LogP contribution in [0.15, 0.2) is 18.2 Å². The third-order valence-corrected chi connectivity index (χ3v) is 3.13. The lowest BCUT2D eigenvalue weighted by atomic mass is 10.1. The fraction of sp³-hybridized carbons (Fsp3) is 0.364. The molecule has 1 saturated heterocycles. The van der Waals surface area contributed by atoms with Crippen molar-refractivity contribution in [3.8, 4) is 5.75 Å². The number of nitrogens with zero attached hydrogens (tertiary/aromatic N) is 1. The molecular formula is C11H12ClNO3. The second kappa shape index (κ2) is 4.22. The van der Waals surface area contributed by atoms with E-state index in [0.717, 1.165) is 0 Å². The second-order valence-electron chi connectivity index (χ2n) is 3.91. The van der Waals surface area contributed by atoms with Gasteiger partial charge in [0.1, 0.15) is 5.75 Å². The molecule has 1 aromatic rings. The van der Waals surface area contributed by atoms with Crippen LogP contribution in [0.3, 0.4) is 0 Å². The molecule has 2 rings (SSSR count). The van der Waals surface area contributed by atoms with E-state index >= 15 is 0 Å². The van der Waals surface area contributed by atoms with E-state index in [9.17, 15) is 9.90 Å². The van der Waals surface area contributed by atoms with Gasteiger partial charge >= 0.3 is 5.97 Å². The van der Waals surface area contributed by atoms with Gasteiger partial charge in [-0.25, -0.2) is 0 Å². The summed E-state index contributed by atoms with van der Waals surface area (Å²) in [4.78, 5) is 12.7. The van der Waals surface area contributed by atoms with E-state index in [1.807, 2.05) is 4.90 Å². The van der Waals surface area contributed by atoms with E-state index in [1.54, 1.807) is 12.1 Å². The number of aliphatic carboxylic acids is 1. The summed E-state index contributed by atoms with van der Waals surface area (Å²) >= 11 is 6.00. The van der Waals surface area contributed by atoms with Gasteiger partial charge in [-0.05, 0) is 18.6 Å². The number of hydrogen-bond acceptors (Lipinski definition) is 3. The summed E-state index contributed by atoms with van der Waals surface area (Å²) in [6, 6.07) is 4.68. The summed E-state index contributed by atoms with van der Waals surface area (Å²) in [7, 11) is 0. The first-order valence-corrected chi connectivity index (χ1v) is 5.42. The fourth-order valence-electron chi connectivity index (χ4n) is 1.92. The smallest absolute Gasteiger partial charge is 0.308 e. The Morgan fingerprint density at radius 3 is 2.88 bits per heavy atom. The van der Waals surface area contributed by atoms with Gasteiger partial charge in [0.15, 0.2) is 0 Å². The van der Waals surface area contributed by atoms with Crippen molar-refractivity contribution in [2.24, 2.45) is 5.92 Å². The molecule has 5 heteroatoms. The molecule has 1 aliphatic heterocycles. The summed E-state index contributed by atoms with van der Waals surface area (Å²) in [5.74, 6) is -0.990. The third-order valence-electron chi connectivity index (χ3n) is 2.81. The minimum absolute atomic E-state index is 0.137. The maximum absolute atomic E-state index is 10.8. The summed E-state index contributed by atoms with van der Waals surface area (Å²) in [5, 5.41) is 18.8. The number of carboxylic acid groups (broad SMARTS) is 1. The highest BCUT2D eigenvalue weighted by Crippen LogP contribution is 2.33. The monoisotopic (exact) mass is 241 g/mol. The van der Waals surface area contributed by atoms with E-state index in [2.05, 4.69) is 0 Å². The third kappa shape index (κ3) is 2.07. The maximum atomic E-state index is 10.8. The number of rotatable bonds is 2. The maximum Gasteiger partial charge on any atom is 0.308 e. The van der Waals surface area contributed by atoms with Gasteiger partial charge in [0.25, 0.3) is 0 Å². The molecule has 0 aliphatic carbocycles. The fourth-order valence-corrected chi connectivity index (χ4v) is 2.16. The minimum atomic E-state index is -0.779. The van der Waals surface area contributed by atoms with Crippen molar-refractivity contribution in [1.29, 1.82) is 0 Å². The number of phenolic OH excluding ortho intramolecular Hbond substituents is 1. The second-order valence-corrected chi connectivity index (χ2v) is 4.31. The Bertz CT molecular complexity index is 422. The number of hydrogen-bond donors (Lipinski definition) is 2. The Labute approximate surface area is 98.1 Å². The Balaban J connectivity index is 2.20. The zero-order valence-electron chi connectivity index (χ0n) is 8.56. The molecule has 16 heavy (non-hydrogen) atoms. The normalized spacial score (nSPS) is 20.1. The quantitative estimate of drug-likeness (QED) is 0.831. The van der Waals surface area contributed by atoms with Crippen LogP contribution in [0, 0.1) is 5.92 Å². The van der Waals surface area contributed by atoms with Crippen molar-refractivity contribution >= 4 is 23.3 Å². The predicted octanol–water partition coefficient (Wildman–Crippen LogP) is 1.96. The molecule has 1 atom stereocenters. The first kappa shape index (κ1) is 11.1. The molecule has 0 radical (unpaired) electrons. The van der Waals surface area contributed by atoms with Gasteiger partial charge in [-0.2, -0.15) is 0 Å². The minimum Gasteiger partial charge on any atom is -0.508 e. The van der Waals surface area contributed by atoms with Gasteiger partial charge in [-0.1, -0.05) is 11.6 Å². The van der Waals surface area contributed by atoms with Gasteiger partial charge in [0.05, 0.1) is 16.6 Å². The number of carbonyl (C=O) groups is 1. The molecule has 1 unspecified atom stereocenters. The van der Waals surface area contributed by atoms with Gasteiger partial charge < -0.3 is 15.1 Å². The van der Waals surface area contributed by atoms with E-state index in [-0.39, 0.29) is 11.7 Å². The van der Waals surface area contributed by atoms with Crippen molar-refractivity contribution in [1.82, 2.24) is 0 Å². The molecule has 86 valence electrons. The number of benzene rings is 1. The van der Waals surface area contributed by atoms with Crippen LogP contribution < -0.4 is 4.90 Å². The van der Waals surface area contributed by atoms with E-state index in [1.165, 1.54) is 6.07 Å². The Morgan fingerprint density at radius 2 is 2.25 bits per heavy atom. The summed E-state index contributed by atoms with van der Waals surface area (Å²) in [6.45, 7) is 1.10. The standard InChI is InChI=1S/C11H12ClNO3/c12-9-2-1-8(14)5-10(9)13-4-3-7(6-13)11(15)16/h1-2,5,7,14H,3-4,6H2,(H,15,16). The van der Waals surface area contributed by atoms with Gasteiger partial charge in [-0.3, -0.25) is 4.79 Å². The van der Waals surface area contributed by atoms with E-state index < -0.39 is 5.97 Å². The highest BCUT2D eigenvalue weighted by molar-refractivity contribution is 6.33. The molecule has 1 aliphatic rings. The molecule has 0 amide bonds. The highest BCUT2D eigenvalue weighted by atomic mass is 35.5. The lowest BCUT2D eigenvalue weighted by Crippen LogP contribution is -2.22. The average molecular weight is 242 g/mol. The van der Waals surface area contributed by atoms with Crippen LogP contribution in [0.4, 0.5) is 5.69 Å². The Morgan fingerprint density at radius 1 is 1.50 bits per heavy atom. The van der Waals surface area contributed by atoms with Gasteiger partial charge in [-0.15, -0.1) is 0 Å². The van der Waals surface area contributed by atoms with E-state index in [0.29, 0.717) is 30.2 Å². The van der Waals surface area contributed by atoms with Crippen molar-refractivity contribution in [2.75, 3.05) is 18.0 Å². The van der Waals surface area contributed by atoms with Gasteiger partial charge in [0.2, 0.25) is 0 Å². The SMILES string of the molecule is O=C(O)C1CCN(c2cc(O)ccc2Cl)C1. The van der Waals surface area contributed by atoms with E-state index in [4.69, 9.17) is 16.7 Å². The van der Waals surface area contributed by atoms with Crippen LogP contribution in [-0.2, 0) is 4.79 Å². The van der Waals surface area contributed by atoms with Crippen LogP contribution in [-0.4, -0.2) is 29.3 Å². The molecule has 1 heterocycles. The molecule has 4 nitrogen and oxygen atoms in total. The highest BCUT2D eigenvalue weighted by Gasteiger charge is 2.29. The molecule has 0 saturated carbocycles. The Hall–Kier alpha value is -1.42. The van der Waals surface area contributed by atoms with Crippen molar-refractivity contribution in [2.45, 2.75) is 6.42 Å². The van der Waals surface area contributed by atoms with Crippen LogP contribution in [0.5, 0.6) is 5.75 Å². The summed E-state index contributed by atoms with van der Waals surface area (Å²) in [5.41, 5.74) is 0.699. The van der Waals surface area contributed by atoms with Crippen LogP contribution in [0.25, 0.3) is 0 Å². The topological polar surface area (TPSA) is 60.8 Å². The molecular weight excluding hydrogens is 230 g/mol. The molecule has 1 aromatic carbocycles. The van der Waals surface area contributed by atoms with Gasteiger partial charge in [0, 0.05) is 19.2 Å². The summed E-state index contributed by atoms with van der Waals surface area (Å²) in [6.07, 6.45) is 0.612. The number of phenols is 1. The first-order chi connectivity index (χ1) is 7.58. The molecule has 0 aromatic heterocycles. The molecule has 0 bridgehead atoms. The lowest BCUT2D eigenvalue weighted by Gasteiger charge is -2.19. The Kier molecular flexibility index (Phi) is 2.92. The molecule has 0 spiro atoms. The molecule has 1 fully saturated rings. The van der Waals surface area contributed by atoms with Crippen molar-refractivity contribution < 1.29 is 15.0 Å². The van der Waals surface area contributed by atoms with Crippen LogP contribution in [0.1, 0.15) is 6.42 Å². The number of halogens is 1. The van der Waals surface area contributed by atoms with Crippen LogP contribution >= 0.6 is 11.6 Å². The number of carboxylic acids is 1. The predicted molar refractivity (Wildman–Crippen MR) is 61.1 cm³/mol. The lowest BCUT2D eigenvalue weighted by molar-refractivity contribution is -0.140. The largest absolute Gasteiger partial charge is 0.508 e. The van der Waals surface area contributed by atoms with Crippen LogP contribution in [0.2, 0.25) is 5.02 Å². The first-order valence-electron chi connectivity index (χ1n) is 5.04. The molecule has 2 N–H and O–H groups in total.